The van der Waals surface area contributed by atoms with Crippen LogP contribution < -0.4 is 0 Å². The lowest BCUT2D eigenvalue weighted by atomic mass is 9.87. The van der Waals surface area contributed by atoms with E-state index in [1.807, 2.05) is 13.8 Å². The van der Waals surface area contributed by atoms with Gasteiger partial charge in [-0.2, -0.15) is 0 Å². The highest BCUT2D eigenvalue weighted by molar-refractivity contribution is 5.75. The molecule has 0 unspecified atom stereocenters. The molecule has 0 rings (SSSR count). The zero-order chi connectivity index (χ0) is 18.1. The normalized spacial score (nSPS) is 11.7. The molecule has 0 spiro atoms. The third kappa shape index (κ3) is 13.9. The van der Waals surface area contributed by atoms with E-state index >= 15 is 0 Å². The van der Waals surface area contributed by atoms with Crippen molar-refractivity contribution in [2.75, 3.05) is 7.11 Å². The van der Waals surface area contributed by atoms with Gasteiger partial charge in [-0.05, 0) is 20.3 Å². The first-order valence-corrected chi connectivity index (χ1v) is 10.6. The van der Waals surface area contributed by atoms with Crippen LogP contribution in [0, 0.1) is 5.41 Å². The second kappa shape index (κ2) is 16.0. The second-order valence-electron chi connectivity index (χ2n) is 8.08. The quantitative estimate of drug-likeness (QED) is 0.203. The highest BCUT2D eigenvalue weighted by atomic mass is 16.5. The number of carbonyl (C=O) groups is 1. The Hall–Kier alpha value is -0.530. The van der Waals surface area contributed by atoms with Gasteiger partial charge in [-0.3, -0.25) is 4.79 Å². The van der Waals surface area contributed by atoms with Crippen LogP contribution in [0.2, 0.25) is 0 Å². The van der Waals surface area contributed by atoms with E-state index in [9.17, 15) is 4.79 Å². The monoisotopic (exact) mass is 340 g/mol. The number of unbranched alkanes of at least 4 members (excludes halogenated alkanes) is 14. The van der Waals surface area contributed by atoms with Crippen LogP contribution in [-0.4, -0.2) is 13.1 Å². The smallest absolute Gasteiger partial charge is 0.311 e. The summed E-state index contributed by atoms with van der Waals surface area (Å²) in [7, 11) is 1.48. The van der Waals surface area contributed by atoms with E-state index in [0.717, 1.165) is 12.8 Å². The molecule has 0 fully saturated rings. The van der Waals surface area contributed by atoms with E-state index < -0.39 is 0 Å². The lowest BCUT2D eigenvalue weighted by Gasteiger charge is -2.20. The van der Waals surface area contributed by atoms with Gasteiger partial charge in [0.15, 0.2) is 0 Å². The maximum atomic E-state index is 11.6. The van der Waals surface area contributed by atoms with Gasteiger partial charge in [-0.25, -0.2) is 0 Å². The predicted molar refractivity (Wildman–Crippen MR) is 105 cm³/mol. The van der Waals surface area contributed by atoms with Crippen molar-refractivity contribution >= 4 is 5.97 Å². The largest absolute Gasteiger partial charge is 0.469 e. The SMILES string of the molecule is CCCCCCCCCCCCCCCCCC(C)(C)C(=O)OC. The van der Waals surface area contributed by atoms with Gasteiger partial charge < -0.3 is 4.74 Å². The van der Waals surface area contributed by atoms with E-state index in [1.165, 1.54) is 97.0 Å². The van der Waals surface area contributed by atoms with Crippen molar-refractivity contribution in [1.29, 1.82) is 0 Å². The van der Waals surface area contributed by atoms with E-state index in [1.54, 1.807) is 0 Å². The van der Waals surface area contributed by atoms with Gasteiger partial charge in [0.2, 0.25) is 0 Å². The molecule has 0 aromatic heterocycles. The topological polar surface area (TPSA) is 26.3 Å². The van der Waals surface area contributed by atoms with Gasteiger partial charge >= 0.3 is 5.97 Å². The van der Waals surface area contributed by atoms with Crippen molar-refractivity contribution in [2.45, 2.75) is 124 Å². The van der Waals surface area contributed by atoms with Crippen molar-refractivity contribution in [3.8, 4) is 0 Å². The predicted octanol–water partition coefficient (Wildman–Crippen LogP) is 7.45. The van der Waals surface area contributed by atoms with Crippen LogP contribution in [0.25, 0.3) is 0 Å². The summed E-state index contributed by atoms with van der Waals surface area (Å²) in [5.41, 5.74) is -0.314. The van der Waals surface area contributed by atoms with Gasteiger partial charge in [0.1, 0.15) is 0 Å². The number of hydrogen-bond donors (Lipinski definition) is 0. The molecule has 0 heterocycles. The maximum absolute atomic E-state index is 11.6. The minimum atomic E-state index is -0.314. The molecule has 0 saturated carbocycles. The first kappa shape index (κ1) is 23.5. The lowest BCUT2D eigenvalue weighted by Crippen LogP contribution is -2.25. The number of rotatable bonds is 17. The Morgan fingerprint density at radius 2 is 1.00 bits per heavy atom. The van der Waals surface area contributed by atoms with Gasteiger partial charge in [-0.15, -0.1) is 0 Å². The fraction of sp³-hybridized carbons (Fsp3) is 0.955. The van der Waals surface area contributed by atoms with Crippen LogP contribution in [-0.2, 0) is 9.53 Å². The molecule has 0 aliphatic rings. The highest BCUT2D eigenvalue weighted by Gasteiger charge is 2.27. The van der Waals surface area contributed by atoms with E-state index in [0.29, 0.717) is 0 Å². The molecule has 0 N–H and O–H groups in total. The molecule has 2 nitrogen and oxygen atoms in total. The molecule has 24 heavy (non-hydrogen) atoms. The summed E-state index contributed by atoms with van der Waals surface area (Å²) in [5, 5.41) is 0. The summed E-state index contributed by atoms with van der Waals surface area (Å²) in [6.07, 6.45) is 21.6. The van der Waals surface area contributed by atoms with E-state index in [-0.39, 0.29) is 11.4 Å². The Morgan fingerprint density at radius 1 is 0.667 bits per heavy atom. The third-order valence-electron chi connectivity index (χ3n) is 5.14. The van der Waals surface area contributed by atoms with Crippen LogP contribution >= 0.6 is 0 Å². The first-order chi connectivity index (χ1) is 11.5. The molecular formula is C22H44O2. The Balaban J connectivity index is 3.22. The Kier molecular flexibility index (Phi) is 15.6. The van der Waals surface area contributed by atoms with Crippen molar-refractivity contribution in [1.82, 2.24) is 0 Å². The number of ether oxygens (including phenoxy) is 1. The number of methoxy groups -OCH3 is 1. The summed E-state index contributed by atoms with van der Waals surface area (Å²) in [4.78, 5) is 11.6. The molecule has 0 aliphatic carbocycles. The molecule has 0 bridgehead atoms. The Labute approximate surface area is 152 Å². The molecule has 2 heteroatoms. The Morgan fingerprint density at radius 3 is 1.33 bits per heavy atom. The zero-order valence-corrected chi connectivity index (χ0v) is 17.1. The van der Waals surface area contributed by atoms with Crippen molar-refractivity contribution in [3.05, 3.63) is 0 Å². The molecule has 0 amide bonds. The van der Waals surface area contributed by atoms with Crippen LogP contribution in [0.15, 0.2) is 0 Å². The van der Waals surface area contributed by atoms with Crippen molar-refractivity contribution in [2.24, 2.45) is 5.41 Å². The molecular weight excluding hydrogens is 296 g/mol. The molecule has 0 saturated heterocycles. The lowest BCUT2D eigenvalue weighted by molar-refractivity contribution is -0.151. The summed E-state index contributed by atoms with van der Waals surface area (Å²) in [6, 6.07) is 0. The summed E-state index contributed by atoms with van der Waals surface area (Å²) in [5.74, 6) is -0.0761. The molecule has 0 atom stereocenters. The average Bonchev–Trinajstić information content (AvgIpc) is 2.57. The van der Waals surface area contributed by atoms with Crippen molar-refractivity contribution < 1.29 is 9.53 Å². The maximum Gasteiger partial charge on any atom is 0.311 e. The van der Waals surface area contributed by atoms with Gasteiger partial charge in [0, 0.05) is 0 Å². The number of esters is 1. The Bertz CT molecular complexity index is 284. The van der Waals surface area contributed by atoms with Crippen LogP contribution in [0.4, 0.5) is 0 Å². The van der Waals surface area contributed by atoms with Crippen LogP contribution in [0.3, 0.4) is 0 Å². The minimum Gasteiger partial charge on any atom is -0.469 e. The highest BCUT2D eigenvalue weighted by Crippen LogP contribution is 2.25. The van der Waals surface area contributed by atoms with Crippen LogP contribution in [0.1, 0.15) is 124 Å². The van der Waals surface area contributed by atoms with Gasteiger partial charge in [0.25, 0.3) is 0 Å². The third-order valence-corrected chi connectivity index (χ3v) is 5.14. The van der Waals surface area contributed by atoms with E-state index in [2.05, 4.69) is 6.92 Å². The van der Waals surface area contributed by atoms with Crippen molar-refractivity contribution in [3.63, 3.8) is 0 Å². The molecule has 0 aromatic carbocycles. The fourth-order valence-corrected chi connectivity index (χ4v) is 3.32. The van der Waals surface area contributed by atoms with Crippen LogP contribution in [0.5, 0.6) is 0 Å². The number of carbonyl (C=O) groups excluding carboxylic acids is 1. The molecule has 0 radical (unpaired) electrons. The average molecular weight is 341 g/mol. The van der Waals surface area contributed by atoms with Gasteiger partial charge in [-0.1, -0.05) is 103 Å². The fourth-order valence-electron chi connectivity index (χ4n) is 3.32. The molecule has 0 aromatic rings. The second-order valence-corrected chi connectivity index (χ2v) is 8.08. The summed E-state index contributed by atoms with van der Waals surface area (Å²) >= 11 is 0. The zero-order valence-electron chi connectivity index (χ0n) is 17.1. The minimum absolute atomic E-state index is 0.0761. The molecule has 0 aliphatic heterocycles. The first-order valence-electron chi connectivity index (χ1n) is 10.6. The summed E-state index contributed by atoms with van der Waals surface area (Å²) < 4.78 is 4.85. The molecule has 144 valence electrons. The van der Waals surface area contributed by atoms with E-state index in [4.69, 9.17) is 4.74 Å². The van der Waals surface area contributed by atoms with Gasteiger partial charge in [0.05, 0.1) is 12.5 Å². The summed E-state index contributed by atoms with van der Waals surface area (Å²) in [6.45, 7) is 6.26. The standard InChI is InChI=1S/C22H44O2/c1-5-6-7-8-9-10-11-12-13-14-15-16-17-18-19-20-22(2,3)21(23)24-4/h5-20H2,1-4H3. The number of hydrogen-bond acceptors (Lipinski definition) is 2.